The number of thioether (sulfide) groups is 1. The van der Waals surface area contributed by atoms with E-state index in [4.69, 9.17) is 60.9 Å². The molecule has 40 nitrogen and oxygen atoms in total. The number of hydrazine groups is 1. The van der Waals surface area contributed by atoms with E-state index in [0.717, 1.165) is 10.6 Å². The number of hydrogen-bond acceptors (Lipinski definition) is 28. The van der Waals surface area contributed by atoms with Crippen LogP contribution in [-0.2, 0) is 104 Å². The van der Waals surface area contributed by atoms with Crippen molar-refractivity contribution in [2.45, 2.75) is 151 Å². The highest BCUT2D eigenvalue weighted by Crippen LogP contribution is 2.37. The Bertz CT molecular complexity index is 3550. The molecule has 3 aliphatic heterocycles. The quantitative estimate of drug-likeness (QED) is 0.0169. The summed E-state index contributed by atoms with van der Waals surface area (Å²) in [6, 6.07) is -7.34. The number of carbonyl (C=O) groups is 11. The summed E-state index contributed by atoms with van der Waals surface area (Å²) in [6.45, 7) is 13.0. The molecule has 22 N–H and O–H groups in total. The van der Waals surface area contributed by atoms with Crippen molar-refractivity contribution in [1.82, 2.24) is 62.7 Å². The van der Waals surface area contributed by atoms with Gasteiger partial charge < -0.3 is 143 Å². The number of benzene rings is 1. The Labute approximate surface area is 669 Å². The Kier molecular flexibility index (Phi) is 42.4. The Morgan fingerprint density at radius 1 is 0.860 bits per heavy atom. The lowest BCUT2D eigenvalue weighted by atomic mass is 9.89. The van der Waals surface area contributed by atoms with Gasteiger partial charge in [0.2, 0.25) is 58.2 Å². The summed E-state index contributed by atoms with van der Waals surface area (Å²) >= 11 is -1.15. The molecule has 1 aromatic heterocycles. The van der Waals surface area contributed by atoms with Crippen molar-refractivity contribution >= 4 is 99.0 Å². The lowest BCUT2D eigenvalue weighted by Crippen LogP contribution is -2.61. The number of nitrogens with two attached hydrogens (primary N) is 4. The molecule has 13 atom stereocenters. The second-order valence-corrected chi connectivity index (χ2v) is 30.3. The fraction of sp³-hybridized carbons (Fsp3) is 0.681. The zero-order valence-electron chi connectivity index (χ0n) is 65.8. The highest BCUT2D eigenvalue weighted by atomic mass is 32.2. The number of carboxylic acid groups (broad SMARTS) is 1. The van der Waals surface area contributed by atoms with E-state index in [1.165, 1.54) is 30.8 Å². The molecule has 0 radical (unpaired) electrons. The number of methoxy groups -OCH3 is 1. The minimum Gasteiger partial charge on any atom is -0.610 e. The third kappa shape index (κ3) is 32.0. The Balaban J connectivity index is 1.16. The molecule has 4 heterocycles. The van der Waals surface area contributed by atoms with Gasteiger partial charge in [0.1, 0.15) is 41.7 Å². The first-order valence-electron chi connectivity index (χ1n) is 37.9. The minimum absolute atomic E-state index is 0.0482. The summed E-state index contributed by atoms with van der Waals surface area (Å²) in [4.78, 5) is 153. The zero-order valence-corrected chi connectivity index (χ0v) is 67.5. The largest absolute Gasteiger partial charge is 0.610 e. The number of carbonyl (C=O) groups excluding carboxylic acids is 10. The van der Waals surface area contributed by atoms with Crippen molar-refractivity contribution in [3.8, 4) is 5.75 Å². The SMILES string of the molecule is CCC(=O)N[C@H](C(=O)NCC(=O)N[C@H]1C[S+]([O-])c2[nH]c3c(CSCCNC(=O)NCCOCCOCCOCCOCCOCCOCC4(C)OCCN(N)/C=C(\N)CN/C(CCC(=O)O)=C/C4C)c(OC)ccc3c2C[C@@H](C(N)=O)NC(=O)[C@H]([C@@H](C)[C@@H](O)CO)NC(=O)[C@@H]2C[C@@H](O)CN2C(=O)[C@H](CC(N)=O)NC1=O)[C@@H](C)CC. The molecule has 114 heavy (non-hydrogen) atoms. The molecule has 2 aromatic rings. The van der Waals surface area contributed by atoms with Crippen LogP contribution in [0.15, 0.2) is 40.8 Å². The van der Waals surface area contributed by atoms with Crippen LogP contribution < -0.4 is 75.6 Å². The topological polar surface area (TPSA) is 600 Å². The number of aliphatic hydroxyl groups is 3. The number of carboxylic acids is 1. The molecule has 1 fully saturated rings. The number of urea groups is 1. The van der Waals surface area contributed by atoms with Crippen LogP contribution >= 0.6 is 11.8 Å². The molecule has 0 aliphatic carbocycles. The van der Waals surface area contributed by atoms with E-state index in [2.05, 4.69) is 52.8 Å². The minimum atomic E-state index is -2.50. The van der Waals surface area contributed by atoms with Gasteiger partial charge in [-0.15, -0.1) is 0 Å². The number of allylic oxidation sites excluding steroid dienone is 1. The number of aromatic amines is 1. The van der Waals surface area contributed by atoms with Crippen molar-refractivity contribution in [2.75, 3.05) is 150 Å². The van der Waals surface area contributed by atoms with Gasteiger partial charge in [0.05, 0.1) is 155 Å². The van der Waals surface area contributed by atoms with Gasteiger partial charge in [-0.05, 0) is 31.4 Å². The zero-order chi connectivity index (χ0) is 84.0. The van der Waals surface area contributed by atoms with Gasteiger partial charge in [0, 0.05) is 108 Å². The van der Waals surface area contributed by atoms with Crippen molar-refractivity contribution in [2.24, 2.45) is 40.8 Å². The number of amides is 11. The maximum Gasteiger partial charge on any atom is 0.314 e. The third-order valence-electron chi connectivity index (χ3n) is 19.1. The molecule has 0 saturated carbocycles. The number of aromatic nitrogens is 1. The molecule has 3 aliphatic rings. The smallest absolute Gasteiger partial charge is 0.314 e. The Morgan fingerprint density at radius 2 is 1.50 bits per heavy atom. The lowest BCUT2D eigenvalue weighted by molar-refractivity contribution is -0.144. The molecule has 0 spiro atoms. The highest BCUT2D eigenvalue weighted by Gasteiger charge is 2.46. The van der Waals surface area contributed by atoms with Crippen molar-refractivity contribution < 1.29 is 116 Å². The van der Waals surface area contributed by atoms with Crippen LogP contribution in [0.3, 0.4) is 0 Å². The number of rotatable bonds is 43. The number of primary amides is 2. The first-order chi connectivity index (χ1) is 54.3. The molecular formula is C72H118N16O24S2. The molecule has 1 aromatic carbocycles. The number of nitrogens with zero attached hydrogens (tertiary/aromatic N) is 2. The van der Waals surface area contributed by atoms with E-state index in [-0.39, 0.29) is 86.6 Å². The van der Waals surface area contributed by atoms with Gasteiger partial charge in [-0.1, -0.05) is 47.1 Å². The van der Waals surface area contributed by atoms with Gasteiger partial charge in [-0.25, -0.2) is 10.6 Å². The second-order valence-electron chi connectivity index (χ2n) is 27.8. The van der Waals surface area contributed by atoms with Gasteiger partial charge >= 0.3 is 12.0 Å². The van der Waals surface area contributed by atoms with Crippen molar-refractivity contribution in [1.29, 1.82) is 0 Å². The second kappa shape index (κ2) is 50.2. The van der Waals surface area contributed by atoms with Crippen LogP contribution in [0.25, 0.3) is 10.9 Å². The third-order valence-corrected chi connectivity index (χ3v) is 21.6. The molecule has 0 bridgehead atoms. The number of aliphatic carboxylic acids is 1. The lowest BCUT2D eigenvalue weighted by Gasteiger charge is -2.35. The van der Waals surface area contributed by atoms with E-state index >= 15 is 4.55 Å². The number of hydrogen-bond donors (Lipinski definition) is 18. The summed E-state index contributed by atoms with van der Waals surface area (Å²) in [6.07, 6.45) is -0.667. The molecule has 11 amide bonds. The molecule has 642 valence electrons. The summed E-state index contributed by atoms with van der Waals surface area (Å²) in [5.74, 6) is -5.83. The van der Waals surface area contributed by atoms with E-state index in [0.29, 0.717) is 107 Å². The summed E-state index contributed by atoms with van der Waals surface area (Å²) in [7, 11) is 1.40. The summed E-state index contributed by atoms with van der Waals surface area (Å²) < 4.78 is 61.4. The van der Waals surface area contributed by atoms with E-state index < -0.39 is 187 Å². The number of H-pyrrole nitrogens is 1. The molecule has 1 saturated heterocycles. The van der Waals surface area contributed by atoms with Gasteiger partial charge in [-0.2, -0.15) is 11.8 Å². The van der Waals surface area contributed by atoms with E-state index in [1.807, 2.05) is 19.9 Å². The molecule has 5 rings (SSSR count). The molecular weight excluding hydrogens is 1540 g/mol. The average Bonchev–Trinajstić information content (AvgIpc) is 1.61. The molecule has 3 unspecified atom stereocenters. The van der Waals surface area contributed by atoms with Gasteiger partial charge in [0.15, 0.2) is 6.04 Å². The first kappa shape index (κ1) is 96.2. The monoisotopic (exact) mass is 1650 g/mol. The maximum atomic E-state index is 15.3. The van der Waals surface area contributed by atoms with Crippen LogP contribution in [-0.4, -0.2) is 309 Å². The summed E-state index contributed by atoms with van der Waals surface area (Å²) in [5, 5.41) is 66.2. The van der Waals surface area contributed by atoms with Crippen LogP contribution in [0.1, 0.15) is 91.2 Å². The predicted molar refractivity (Wildman–Crippen MR) is 416 cm³/mol. The van der Waals surface area contributed by atoms with Crippen LogP contribution in [0.4, 0.5) is 4.79 Å². The first-order valence-corrected chi connectivity index (χ1v) is 40.4. The number of fused-ring (bicyclic) bond motifs is 4. The van der Waals surface area contributed by atoms with Gasteiger partial charge in [-0.3, -0.25) is 47.9 Å². The van der Waals surface area contributed by atoms with E-state index in [1.54, 1.807) is 39.1 Å². The normalized spacial score (nSPS) is 23.5. The van der Waals surface area contributed by atoms with Crippen molar-refractivity contribution in [3.63, 3.8) is 0 Å². The van der Waals surface area contributed by atoms with Crippen molar-refractivity contribution in [3.05, 3.63) is 46.9 Å². The van der Waals surface area contributed by atoms with E-state index in [9.17, 15) is 73.2 Å². The fourth-order valence-corrected chi connectivity index (χ4v) is 14.5. The Morgan fingerprint density at radius 3 is 2.11 bits per heavy atom. The van der Waals surface area contributed by atoms with Gasteiger partial charge in [0.25, 0.3) is 0 Å². The number of aliphatic hydroxyl groups excluding tert-OH is 3. The van der Waals surface area contributed by atoms with Crippen LogP contribution in [0, 0.1) is 17.8 Å². The highest BCUT2D eigenvalue weighted by molar-refractivity contribution is 7.98. The van der Waals surface area contributed by atoms with Crippen LogP contribution in [0.5, 0.6) is 5.75 Å². The Hall–Kier alpha value is -8.37. The number of nitrogens with one attached hydrogen (secondary N) is 10. The summed E-state index contributed by atoms with van der Waals surface area (Å²) in [5.41, 5.74) is 19.0. The van der Waals surface area contributed by atoms with Crippen LogP contribution in [0.2, 0.25) is 0 Å². The predicted octanol–water partition coefficient (Wildman–Crippen LogP) is -4.48. The standard InChI is InChI=1S/C72H118N16O24S2/c1-8-42(3)61(84-58(93)9-2)67(100)80-35-59(94)81-53-40-114(104)69-49(32-51(64(75)97)82-68(101)62(44(5)55(91)38-89)85-66(99)54-31-47(90)37-88(54)70(102)52(33-57(74)92)83-65(53)98)48-11-12-56(105-7)50(63(48)86-69)39-113-29-15-78-71(103)77-14-17-106-19-20-107-21-22-108-23-24-109-25-26-110-27-28-111-41-72(6)43(4)30-46(10-13-60(95)96)79-34-45(73)36-87(76)16-18-112-72/h11-12,30,36,42-44,47,51-55,61-62,79,86,89-91H,8-10,13-29,31-35,37-41,73,76H2,1-7H3,(H2,74,92)(H2,75,97)(H,80,100)(H,81,94)(H,82,101)(H,83,98)(H,84,93)(H,85,99)(H,95,96)(H2,77,78,103)/b45-36-,46-30+/t42-,43?,44-,47+,51-,52-,53-,54-,55-,61-,62-,72?,114?/m0/s1. The fourth-order valence-electron chi connectivity index (χ4n) is 12.2. The molecule has 42 heteroatoms. The maximum absolute atomic E-state index is 15.3. The average molecular weight is 1660 g/mol. The number of ether oxygens (including phenoxy) is 8.